The largest absolute Gasteiger partial charge is 0.351 e. The Morgan fingerprint density at radius 2 is 1.85 bits per heavy atom. The van der Waals surface area contributed by atoms with Gasteiger partial charge < -0.3 is 5.32 Å². The van der Waals surface area contributed by atoms with E-state index in [1.165, 1.54) is 0 Å². The number of nitrogens with one attached hydrogen (secondary N) is 1. The van der Waals surface area contributed by atoms with Gasteiger partial charge in [0.15, 0.2) is 5.82 Å². The highest BCUT2D eigenvalue weighted by atomic mass is 32.2. The summed E-state index contributed by atoms with van der Waals surface area (Å²) in [5, 5.41) is 7.14. The number of benzene rings is 1. The van der Waals surface area contributed by atoms with Crippen LogP contribution in [0.1, 0.15) is 31.1 Å². The number of hydrogen-bond donors (Lipinski definition) is 2. The van der Waals surface area contributed by atoms with Gasteiger partial charge in [-0.1, -0.05) is 20.8 Å². The van der Waals surface area contributed by atoms with E-state index in [9.17, 15) is 22.0 Å². The van der Waals surface area contributed by atoms with Crippen LogP contribution in [0.3, 0.4) is 0 Å². The molecule has 1 aromatic rings. The van der Waals surface area contributed by atoms with Crippen LogP contribution in [-0.4, -0.2) is 20.9 Å². The van der Waals surface area contributed by atoms with Gasteiger partial charge in [-0.2, -0.15) is 0 Å². The molecule has 0 radical (unpaired) electrons. The van der Waals surface area contributed by atoms with Gasteiger partial charge in [-0.05, 0) is 17.5 Å². The number of carbonyl (C=O) groups excluding carboxylic acids is 1. The highest BCUT2D eigenvalue weighted by molar-refractivity contribution is 7.89. The molecule has 0 spiro atoms. The van der Waals surface area contributed by atoms with E-state index in [0.717, 1.165) is 0 Å². The molecule has 0 bridgehead atoms. The summed E-state index contributed by atoms with van der Waals surface area (Å²) in [4.78, 5) is 10.9. The van der Waals surface area contributed by atoms with Gasteiger partial charge in [0, 0.05) is 6.54 Å². The molecular formula is C12H16F2N2O3S. The van der Waals surface area contributed by atoms with Crippen LogP contribution in [0.25, 0.3) is 0 Å². The van der Waals surface area contributed by atoms with Crippen molar-refractivity contribution < 1.29 is 22.0 Å². The second-order valence-electron chi connectivity index (χ2n) is 5.52. The van der Waals surface area contributed by atoms with Crippen molar-refractivity contribution in [3.05, 3.63) is 29.3 Å². The minimum Gasteiger partial charge on any atom is -0.351 e. The summed E-state index contributed by atoms with van der Waals surface area (Å²) in [6.07, 6.45) is 0. The third-order valence-corrected chi connectivity index (χ3v) is 3.30. The molecule has 0 heterocycles. The quantitative estimate of drug-likeness (QED) is 0.884. The standard InChI is InChI=1S/C12H16F2N2O3S/c1-12(2,3)6-16-11(17)9-7(13)4-5-8(10(9)14)20(15,18)19/h4-5H,6H2,1-3H3,(H,16,17)(H2,15,18,19). The van der Waals surface area contributed by atoms with Crippen LogP contribution < -0.4 is 10.5 Å². The van der Waals surface area contributed by atoms with E-state index in [1.54, 1.807) is 0 Å². The van der Waals surface area contributed by atoms with Gasteiger partial charge in [0.2, 0.25) is 10.0 Å². The van der Waals surface area contributed by atoms with Crippen LogP contribution in [0, 0.1) is 17.0 Å². The second-order valence-corrected chi connectivity index (χ2v) is 7.05. The Morgan fingerprint density at radius 3 is 2.30 bits per heavy atom. The van der Waals surface area contributed by atoms with Gasteiger partial charge in [-0.3, -0.25) is 4.79 Å². The highest BCUT2D eigenvalue weighted by Crippen LogP contribution is 2.20. The van der Waals surface area contributed by atoms with Gasteiger partial charge in [0.1, 0.15) is 16.3 Å². The molecule has 1 amide bonds. The van der Waals surface area contributed by atoms with Crippen LogP contribution in [0.5, 0.6) is 0 Å². The molecule has 0 saturated carbocycles. The molecule has 0 aliphatic heterocycles. The summed E-state index contributed by atoms with van der Waals surface area (Å²) in [5.41, 5.74) is -1.25. The maximum absolute atomic E-state index is 13.9. The SMILES string of the molecule is CC(C)(C)CNC(=O)c1c(F)ccc(S(N)(=O)=O)c1F. The summed E-state index contributed by atoms with van der Waals surface area (Å²) < 4.78 is 49.8. The van der Waals surface area contributed by atoms with E-state index in [-0.39, 0.29) is 12.0 Å². The fourth-order valence-electron chi connectivity index (χ4n) is 1.40. The number of primary sulfonamides is 1. The van der Waals surface area contributed by atoms with Crippen molar-refractivity contribution in [2.45, 2.75) is 25.7 Å². The Labute approximate surface area is 116 Å². The van der Waals surface area contributed by atoms with Crippen LogP contribution in [0.2, 0.25) is 0 Å². The smallest absolute Gasteiger partial charge is 0.257 e. The first kappa shape index (κ1) is 16.5. The van der Waals surface area contributed by atoms with Gasteiger partial charge in [-0.15, -0.1) is 0 Å². The van der Waals surface area contributed by atoms with Crippen molar-refractivity contribution in [3.8, 4) is 0 Å². The molecule has 3 N–H and O–H groups in total. The van der Waals surface area contributed by atoms with E-state index >= 15 is 0 Å². The average molecular weight is 306 g/mol. The molecule has 20 heavy (non-hydrogen) atoms. The fraction of sp³-hybridized carbons (Fsp3) is 0.417. The van der Waals surface area contributed by atoms with Crippen LogP contribution in [-0.2, 0) is 10.0 Å². The topological polar surface area (TPSA) is 89.3 Å². The number of nitrogens with two attached hydrogens (primary N) is 1. The lowest BCUT2D eigenvalue weighted by Crippen LogP contribution is -2.33. The Hall–Kier alpha value is -1.54. The first-order valence-electron chi connectivity index (χ1n) is 5.72. The van der Waals surface area contributed by atoms with Crippen LogP contribution >= 0.6 is 0 Å². The molecule has 0 aliphatic rings. The van der Waals surface area contributed by atoms with Gasteiger partial charge in [-0.25, -0.2) is 22.3 Å². The molecule has 0 aromatic heterocycles. The zero-order valence-electron chi connectivity index (χ0n) is 11.3. The molecule has 112 valence electrons. The molecule has 8 heteroatoms. The molecule has 0 fully saturated rings. The second kappa shape index (κ2) is 5.45. The first-order valence-corrected chi connectivity index (χ1v) is 7.27. The van der Waals surface area contributed by atoms with Gasteiger partial charge >= 0.3 is 0 Å². The van der Waals surface area contributed by atoms with Gasteiger partial charge in [0.05, 0.1) is 0 Å². The summed E-state index contributed by atoms with van der Waals surface area (Å²) in [6.45, 7) is 5.63. The normalized spacial score (nSPS) is 12.3. The summed E-state index contributed by atoms with van der Waals surface area (Å²) >= 11 is 0. The minimum absolute atomic E-state index is 0.171. The first-order chi connectivity index (χ1) is 8.93. The summed E-state index contributed by atoms with van der Waals surface area (Å²) in [6, 6.07) is 1.37. The van der Waals surface area contributed by atoms with Crippen molar-refractivity contribution in [2.75, 3.05) is 6.54 Å². The highest BCUT2D eigenvalue weighted by Gasteiger charge is 2.25. The fourth-order valence-corrected chi connectivity index (χ4v) is 2.00. The number of amides is 1. The predicted octanol–water partition coefficient (Wildman–Crippen LogP) is 1.39. The number of carbonyl (C=O) groups is 1. The zero-order valence-corrected chi connectivity index (χ0v) is 12.1. The number of halogens is 2. The van der Waals surface area contributed by atoms with E-state index < -0.39 is 38.0 Å². The van der Waals surface area contributed by atoms with E-state index in [2.05, 4.69) is 5.32 Å². The van der Waals surface area contributed by atoms with Gasteiger partial charge in [0.25, 0.3) is 5.91 Å². The summed E-state index contributed by atoms with van der Waals surface area (Å²) in [5.74, 6) is -3.67. The predicted molar refractivity (Wildman–Crippen MR) is 69.5 cm³/mol. The van der Waals surface area contributed by atoms with Crippen molar-refractivity contribution in [1.29, 1.82) is 0 Å². The van der Waals surface area contributed by atoms with E-state index in [4.69, 9.17) is 5.14 Å². The monoisotopic (exact) mass is 306 g/mol. The van der Waals surface area contributed by atoms with Crippen molar-refractivity contribution in [3.63, 3.8) is 0 Å². The van der Waals surface area contributed by atoms with Crippen LogP contribution in [0.15, 0.2) is 17.0 Å². The minimum atomic E-state index is -4.37. The zero-order chi connectivity index (χ0) is 15.7. The van der Waals surface area contributed by atoms with Crippen molar-refractivity contribution >= 4 is 15.9 Å². The number of sulfonamides is 1. The molecule has 1 aromatic carbocycles. The third-order valence-electron chi connectivity index (χ3n) is 2.37. The molecule has 1 rings (SSSR count). The Bertz CT molecular complexity index is 637. The Balaban J connectivity index is 3.22. The van der Waals surface area contributed by atoms with Crippen molar-refractivity contribution in [1.82, 2.24) is 5.32 Å². The van der Waals surface area contributed by atoms with Crippen LogP contribution in [0.4, 0.5) is 8.78 Å². The Morgan fingerprint density at radius 1 is 1.30 bits per heavy atom. The maximum atomic E-state index is 13.9. The molecule has 0 atom stereocenters. The lowest BCUT2D eigenvalue weighted by Gasteiger charge is -2.19. The van der Waals surface area contributed by atoms with E-state index in [0.29, 0.717) is 12.1 Å². The molecule has 0 saturated heterocycles. The summed E-state index contributed by atoms with van der Waals surface area (Å²) in [7, 11) is -4.37. The number of rotatable bonds is 3. The van der Waals surface area contributed by atoms with E-state index in [1.807, 2.05) is 20.8 Å². The molecule has 0 aliphatic carbocycles. The average Bonchev–Trinajstić information content (AvgIpc) is 2.23. The third kappa shape index (κ3) is 3.97. The molecule has 5 nitrogen and oxygen atoms in total. The molecule has 0 unspecified atom stereocenters. The lowest BCUT2D eigenvalue weighted by atomic mass is 9.97. The lowest BCUT2D eigenvalue weighted by molar-refractivity contribution is 0.0930. The molecular weight excluding hydrogens is 290 g/mol. The maximum Gasteiger partial charge on any atom is 0.257 e. The van der Waals surface area contributed by atoms with Crippen molar-refractivity contribution in [2.24, 2.45) is 10.6 Å². The number of hydrogen-bond acceptors (Lipinski definition) is 3. The Kier molecular flexibility index (Phi) is 4.50.